The number of fused-ring (bicyclic) bond motifs is 2. The summed E-state index contributed by atoms with van der Waals surface area (Å²) in [5.41, 5.74) is 2.99. The molecule has 0 unspecified atom stereocenters. The van der Waals surface area contributed by atoms with Crippen molar-refractivity contribution in [2.24, 2.45) is 0 Å². The van der Waals surface area contributed by atoms with Crippen molar-refractivity contribution in [2.75, 3.05) is 25.0 Å². The number of benzene rings is 1. The number of rotatable bonds is 5. The molecule has 1 amide bonds. The number of halogens is 2. The van der Waals surface area contributed by atoms with Crippen LogP contribution in [0.5, 0.6) is 0 Å². The number of imidazole rings is 1. The predicted octanol–water partition coefficient (Wildman–Crippen LogP) is 7.09. The van der Waals surface area contributed by atoms with Crippen LogP contribution in [0.25, 0.3) is 22.3 Å². The molecule has 0 spiro atoms. The summed E-state index contributed by atoms with van der Waals surface area (Å²) in [5.74, 6) is 0.386. The number of aromatic nitrogens is 5. The third-order valence-corrected chi connectivity index (χ3v) is 9.58. The Morgan fingerprint density at radius 2 is 1.72 bits per heavy atom. The highest BCUT2D eigenvalue weighted by Gasteiger charge is 2.31. The molecule has 7 rings (SSSR count). The molecular formula is C35H42F2N8O2. The van der Waals surface area contributed by atoms with Crippen LogP contribution in [-0.2, 0) is 17.7 Å². The Bertz CT molecular complexity index is 1810. The van der Waals surface area contributed by atoms with Crippen molar-refractivity contribution in [2.45, 2.75) is 96.9 Å². The number of nitrogens with zero attached hydrogens (tertiary/aromatic N) is 7. The molecule has 0 atom stereocenters. The van der Waals surface area contributed by atoms with Crippen LogP contribution >= 0.6 is 0 Å². The van der Waals surface area contributed by atoms with Crippen LogP contribution in [0.4, 0.5) is 25.3 Å². The summed E-state index contributed by atoms with van der Waals surface area (Å²) in [7, 11) is 0. The topological polar surface area (TPSA) is 101 Å². The van der Waals surface area contributed by atoms with Gasteiger partial charge in [0.1, 0.15) is 28.5 Å². The molecule has 2 fully saturated rings. The smallest absolute Gasteiger partial charge is 0.410 e. The van der Waals surface area contributed by atoms with Crippen molar-refractivity contribution >= 4 is 28.9 Å². The minimum atomic E-state index is -0.631. The van der Waals surface area contributed by atoms with Crippen molar-refractivity contribution in [1.82, 2.24) is 34.3 Å². The summed E-state index contributed by atoms with van der Waals surface area (Å²) < 4.78 is 38.1. The molecule has 12 heteroatoms. The molecule has 5 heterocycles. The number of hydrogen-bond acceptors (Lipinski definition) is 8. The number of carbonyl (C=O) groups excluding carboxylic acids is 1. The van der Waals surface area contributed by atoms with Crippen LogP contribution in [0.15, 0.2) is 30.5 Å². The van der Waals surface area contributed by atoms with Crippen LogP contribution in [0.2, 0.25) is 0 Å². The molecule has 10 nitrogen and oxygen atoms in total. The Labute approximate surface area is 273 Å². The predicted molar refractivity (Wildman–Crippen MR) is 175 cm³/mol. The first-order valence-corrected chi connectivity index (χ1v) is 16.7. The summed E-state index contributed by atoms with van der Waals surface area (Å²) in [6.45, 7) is 10.6. The lowest BCUT2D eigenvalue weighted by Crippen LogP contribution is -2.49. The maximum absolute atomic E-state index is 15.3. The van der Waals surface area contributed by atoms with Gasteiger partial charge in [-0.3, -0.25) is 4.90 Å². The fourth-order valence-corrected chi connectivity index (χ4v) is 7.33. The van der Waals surface area contributed by atoms with E-state index in [0.717, 1.165) is 81.3 Å². The monoisotopic (exact) mass is 644 g/mol. The quantitative estimate of drug-likeness (QED) is 0.246. The molecule has 1 N–H and O–H groups in total. The van der Waals surface area contributed by atoms with E-state index in [9.17, 15) is 4.79 Å². The van der Waals surface area contributed by atoms with Crippen LogP contribution in [0.1, 0.15) is 82.4 Å². The summed E-state index contributed by atoms with van der Waals surface area (Å²) in [6, 6.07) is 7.70. The fourth-order valence-electron chi connectivity index (χ4n) is 7.33. The largest absolute Gasteiger partial charge is 0.444 e. The van der Waals surface area contributed by atoms with Gasteiger partial charge >= 0.3 is 6.09 Å². The molecule has 0 radical (unpaired) electrons. The molecule has 1 saturated carbocycles. The number of ether oxygens (including phenoxy) is 1. The number of hydrogen-bond donors (Lipinski definition) is 1. The second-order valence-electron chi connectivity index (χ2n) is 14.0. The minimum absolute atomic E-state index is 0.0199. The third kappa shape index (κ3) is 6.52. The first-order valence-electron chi connectivity index (χ1n) is 16.7. The summed E-state index contributed by atoms with van der Waals surface area (Å²) in [4.78, 5) is 34.7. The van der Waals surface area contributed by atoms with Crippen molar-refractivity contribution in [3.05, 3.63) is 59.2 Å². The maximum Gasteiger partial charge on any atom is 0.410 e. The van der Waals surface area contributed by atoms with Crippen LogP contribution in [-0.4, -0.2) is 71.7 Å². The Hall–Kier alpha value is -4.19. The molecule has 3 aliphatic rings. The zero-order valence-electron chi connectivity index (χ0n) is 27.5. The van der Waals surface area contributed by atoms with Gasteiger partial charge in [0.2, 0.25) is 5.95 Å². The van der Waals surface area contributed by atoms with Gasteiger partial charge in [-0.25, -0.2) is 33.5 Å². The normalized spacial score (nSPS) is 18.1. The van der Waals surface area contributed by atoms with Crippen LogP contribution < -0.4 is 5.32 Å². The highest BCUT2D eigenvalue weighted by atomic mass is 19.1. The van der Waals surface area contributed by atoms with Crippen LogP contribution in [0, 0.1) is 18.6 Å². The average Bonchev–Trinajstić information content (AvgIpc) is 3.68. The Balaban J connectivity index is 1.04. The van der Waals surface area contributed by atoms with E-state index < -0.39 is 17.2 Å². The van der Waals surface area contributed by atoms with Gasteiger partial charge in [-0.15, -0.1) is 0 Å². The first kappa shape index (κ1) is 31.4. The fraction of sp³-hybridized carbons (Fsp3) is 0.514. The molecule has 2 aliphatic heterocycles. The average molecular weight is 645 g/mol. The molecule has 1 aromatic carbocycles. The number of likely N-dealkylation sites (tertiary alicyclic amines) is 1. The minimum Gasteiger partial charge on any atom is -0.444 e. The molecule has 47 heavy (non-hydrogen) atoms. The van der Waals surface area contributed by atoms with Gasteiger partial charge in [-0.2, -0.15) is 0 Å². The Kier molecular flexibility index (Phi) is 8.32. The Morgan fingerprint density at radius 3 is 2.47 bits per heavy atom. The lowest BCUT2D eigenvalue weighted by Gasteiger charge is -2.40. The third-order valence-electron chi connectivity index (χ3n) is 9.58. The van der Waals surface area contributed by atoms with Gasteiger partial charge in [0.25, 0.3) is 0 Å². The van der Waals surface area contributed by atoms with Crippen molar-refractivity contribution in [1.29, 1.82) is 0 Å². The van der Waals surface area contributed by atoms with Gasteiger partial charge in [0.15, 0.2) is 11.6 Å². The maximum atomic E-state index is 15.3. The van der Waals surface area contributed by atoms with E-state index in [1.807, 2.05) is 38.7 Å². The second kappa shape index (κ2) is 12.4. The van der Waals surface area contributed by atoms with Crippen molar-refractivity contribution in [3.63, 3.8) is 0 Å². The standard InChI is InChI=1S/C35H42F2N8O2/c1-21-39-32-26(36)17-23(18-29(32)45(21)25-7-5-6-8-25)31-27(37)19-38-33(42-31)41-30-10-9-22-20-44(16-13-28(22)40-30)24-11-14-43(15-12-24)34(46)47-35(2,3)4/h9-10,17-19,24-25H,5-8,11-16,20H2,1-4H3,(H,38,40,41,42). The number of piperidine rings is 1. The molecule has 3 aromatic heterocycles. The highest BCUT2D eigenvalue weighted by molar-refractivity contribution is 5.83. The SMILES string of the molecule is Cc1nc2c(F)cc(-c3nc(Nc4ccc5c(n4)CCN(C4CCN(C(=O)OC(C)(C)C)CC4)C5)ncc3F)cc2n1C1CCCC1. The zero-order valence-corrected chi connectivity index (χ0v) is 27.5. The van der Waals surface area contributed by atoms with Crippen molar-refractivity contribution in [3.8, 4) is 11.3 Å². The highest BCUT2D eigenvalue weighted by Crippen LogP contribution is 2.36. The molecule has 4 aromatic rings. The molecule has 0 bridgehead atoms. The summed E-state index contributed by atoms with van der Waals surface area (Å²) in [6.07, 6.45) is 7.79. The van der Waals surface area contributed by atoms with E-state index in [2.05, 4.69) is 35.8 Å². The van der Waals surface area contributed by atoms with E-state index in [4.69, 9.17) is 9.72 Å². The second-order valence-corrected chi connectivity index (χ2v) is 14.0. The van der Waals surface area contributed by atoms with Gasteiger partial charge < -0.3 is 19.5 Å². The number of pyridine rings is 1. The lowest BCUT2D eigenvalue weighted by atomic mass is 9.98. The molecular weight excluding hydrogens is 602 g/mol. The number of nitrogens with one attached hydrogen (secondary N) is 1. The zero-order chi connectivity index (χ0) is 32.9. The van der Waals surface area contributed by atoms with Gasteiger partial charge in [-0.1, -0.05) is 18.9 Å². The molecule has 1 aliphatic carbocycles. The van der Waals surface area contributed by atoms with Gasteiger partial charge in [-0.05, 0) is 77.1 Å². The number of carbonyl (C=O) groups is 1. The van der Waals surface area contributed by atoms with Crippen molar-refractivity contribution < 1.29 is 18.3 Å². The Morgan fingerprint density at radius 1 is 0.957 bits per heavy atom. The summed E-state index contributed by atoms with van der Waals surface area (Å²) in [5, 5.41) is 3.14. The van der Waals surface area contributed by atoms with Gasteiger partial charge in [0.05, 0.1) is 11.7 Å². The van der Waals surface area contributed by atoms with E-state index in [1.54, 1.807) is 6.07 Å². The number of anilines is 2. The van der Waals surface area contributed by atoms with E-state index in [-0.39, 0.29) is 23.8 Å². The van der Waals surface area contributed by atoms with Gasteiger partial charge in [0, 0.05) is 55.9 Å². The lowest BCUT2D eigenvalue weighted by molar-refractivity contribution is 0.0133. The molecule has 248 valence electrons. The van der Waals surface area contributed by atoms with E-state index in [1.165, 1.54) is 6.07 Å². The summed E-state index contributed by atoms with van der Waals surface area (Å²) >= 11 is 0. The molecule has 1 saturated heterocycles. The first-order chi connectivity index (χ1) is 22.5. The van der Waals surface area contributed by atoms with Crippen LogP contribution in [0.3, 0.4) is 0 Å². The number of amides is 1. The number of aryl methyl sites for hydroxylation is 1. The van der Waals surface area contributed by atoms with E-state index in [0.29, 0.717) is 41.5 Å². The van der Waals surface area contributed by atoms with E-state index >= 15 is 8.78 Å².